The molecule has 0 atom stereocenters. The second kappa shape index (κ2) is 24.1. The van der Waals surface area contributed by atoms with Gasteiger partial charge in [-0.05, 0) is 199 Å². The molecular formula is C106H72N6. The van der Waals surface area contributed by atoms with E-state index in [1.807, 2.05) is 0 Å². The standard InChI is InChI=1S/C106H72N6/c1-105(2)90-33-17-11-27-78(90)80-49-47-74(62-92(80)105)109-96-35-19-13-29-82(96)86-57-69(43-51-100(86)109)71-45-53-102-88(59-71)84-31-15-21-37-98(84)111(102)76-55-73(95-64-94(107-104(108-95)68-25-9-6-10-26-68)67-41-39-66(40-42-67)65-23-7-5-8-24-65)56-77(61-76)112-99-38-22-16-32-85(99)89-60-72(46-54-103(89)112)70-44-52-101-87(58-70)83-30-14-20-36-97(83)110(101)75-48-50-81-79-28-12-18-34-91(79)106(3,4)93(81)63-75/h5-64H,1-4H3. The first-order valence-electron chi connectivity index (χ1n) is 38.9. The molecule has 5 aromatic heterocycles. The molecule has 23 rings (SSSR count). The number of hydrogen-bond acceptors (Lipinski definition) is 2. The van der Waals surface area contributed by atoms with Crippen molar-refractivity contribution in [2.24, 2.45) is 0 Å². The molecule has 16 aromatic carbocycles. The van der Waals surface area contributed by atoms with Crippen molar-refractivity contribution >= 4 is 87.2 Å². The predicted molar refractivity (Wildman–Crippen MR) is 467 cm³/mol. The van der Waals surface area contributed by atoms with Crippen LogP contribution in [0.4, 0.5) is 0 Å². The van der Waals surface area contributed by atoms with E-state index in [1.54, 1.807) is 0 Å². The molecule has 6 nitrogen and oxygen atoms in total. The van der Waals surface area contributed by atoms with Gasteiger partial charge in [-0.25, -0.2) is 9.97 Å². The predicted octanol–water partition coefficient (Wildman–Crippen LogP) is 27.5. The Labute approximate surface area is 648 Å². The molecule has 2 aliphatic carbocycles. The summed E-state index contributed by atoms with van der Waals surface area (Å²) in [5.41, 5.74) is 35.6. The summed E-state index contributed by atoms with van der Waals surface area (Å²) in [7, 11) is 0. The molecule has 0 saturated heterocycles. The summed E-state index contributed by atoms with van der Waals surface area (Å²) in [6, 6.07) is 135. The van der Waals surface area contributed by atoms with E-state index in [4.69, 9.17) is 9.97 Å². The summed E-state index contributed by atoms with van der Waals surface area (Å²) in [5.74, 6) is 0.656. The molecule has 0 spiro atoms. The van der Waals surface area contributed by atoms with Crippen LogP contribution >= 0.6 is 0 Å². The third-order valence-corrected chi connectivity index (χ3v) is 24.8. The highest BCUT2D eigenvalue weighted by Crippen LogP contribution is 2.52. The number of rotatable bonds is 10. The monoisotopic (exact) mass is 1430 g/mol. The molecule has 0 bridgehead atoms. The fourth-order valence-electron chi connectivity index (χ4n) is 19.3. The maximum atomic E-state index is 5.59. The van der Waals surface area contributed by atoms with Gasteiger partial charge >= 0.3 is 0 Å². The van der Waals surface area contributed by atoms with Gasteiger partial charge in [0.15, 0.2) is 5.82 Å². The average Bonchev–Trinajstić information content (AvgIpc) is 1.58. The van der Waals surface area contributed by atoms with Crippen LogP contribution in [-0.2, 0) is 10.8 Å². The van der Waals surface area contributed by atoms with Gasteiger partial charge in [0.25, 0.3) is 0 Å². The van der Waals surface area contributed by atoms with Gasteiger partial charge in [-0.15, -0.1) is 0 Å². The van der Waals surface area contributed by atoms with E-state index in [0.29, 0.717) is 5.82 Å². The van der Waals surface area contributed by atoms with E-state index in [-0.39, 0.29) is 10.8 Å². The number of nitrogens with zero attached hydrogens (tertiary/aromatic N) is 6. The normalized spacial score (nSPS) is 13.3. The minimum Gasteiger partial charge on any atom is -0.309 e. The van der Waals surface area contributed by atoms with E-state index in [9.17, 15) is 0 Å². The molecule has 2 aliphatic rings. The van der Waals surface area contributed by atoms with E-state index in [1.165, 1.54) is 127 Å². The second-order valence-corrected chi connectivity index (χ2v) is 31.6. The van der Waals surface area contributed by atoms with Gasteiger partial charge in [-0.2, -0.15) is 0 Å². The van der Waals surface area contributed by atoms with Crippen LogP contribution in [0.15, 0.2) is 364 Å². The summed E-state index contributed by atoms with van der Waals surface area (Å²) in [6.07, 6.45) is 0. The fraction of sp³-hybridized carbons (Fsp3) is 0.0566. The topological polar surface area (TPSA) is 45.5 Å². The third-order valence-electron chi connectivity index (χ3n) is 24.8. The summed E-state index contributed by atoms with van der Waals surface area (Å²) in [4.78, 5) is 11.0. The molecular weight excluding hydrogens is 1360 g/mol. The Morgan fingerprint density at radius 2 is 0.491 bits per heavy atom. The van der Waals surface area contributed by atoms with Gasteiger partial charge in [-0.3, -0.25) is 0 Å². The zero-order valence-electron chi connectivity index (χ0n) is 62.3. The van der Waals surface area contributed by atoms with E-state index in [2.05, 4.69) is 410 Å². The van der Waals surface area contributed by atoms with Crippen LogP contribution in [0.1, 0.15) is 49.9 Å². The molecule has 21 aromatic rings. The van der Waals surface area contributed by atoms with Gasteiger partial charge in [-0.1, -0.05) is 270 Å². The minimum absolute atomic E-state index is 0.120. The molecule has 0 amide bonds. The van der Waals surface area contributed by atoms with Crippen molar-refractivity contribution in [2.45, 2.75) is 38.5 Å². The van der Waals surface area contributed by atoms with Crippen LogP contribution in [0, 0.1) is 0 Å². The highest BCUT2D eigenvalue weighted by atomic mass is 15.0. The Kier molecular flexibility index (Phi) is 13.8. The van der Waals surface area contributed by atoms with Crippen LogP contribution in [0.3, 0.4) is 0 Å². The Hall–Kier alpha value is -14.2. The van der Waals surface area contributed by atoms with Crippen molar-refractivity contribution in [3.8, 4) is 112 Å². The van der Waals surface area contributed by atoms with Crippen molar-refractivity contribution in [2.75, 3.05) is 0 Å². The Balaban J connectivity index is 0.688. The van der Waals surface area contributed by atoms with Crippen LogP contribution in [-0.4, -0.2) is 28.2 Å². The maximum Gasteiger partial charge on any atom is 0.160 e. The Morgan fingerprint density at radius 1 is 0.188 bits per heavy atom. The van der Waals surface area contributed by atoms with E-state index < -0.39 is 0 Å². The summed E-state index contributed by atoms with van der Waals surface area (Å²) >= 11 is 0. The Morgan fingerprint density at radius 3 is 0.902 bits per heavy atom. The molecule has 112 heavy (non-hydrogen) atoms. The number of hydrogen-bond donors (Lipinski definition) is 0. The van der Waals surface area contributed by atoms with Crippen molar-refractivity contribution < 1.29 is 0 Å². The third kappa shape index (κ3) is 9.58. The van der Waals surface area contributed by atoms with Crippen molar-refractivity contribution in [1.82, 2.24) is 28.2 Å². The quantitative estimate of drug-likeness (QED) is 0.137. The molecule has 0 aliphatic heterocycles. The second-order valence-electron chi connectivity index (χ2n) is 31.6. The van der Waals surface area contributed by atoms with Crippen molar-refractivity contribution in [3.05, 3.63) is 386 Å². The maximum absolute atomic E-state index is 5.59. The summed E-state index contributed by atoms with van der Waals surface area (Å²) < 4.78 is 9.88. The fourth-order valence-corrected chi connectivity index (χ4v) is 19.3. The molecule has 0 unspecified atom stereocenters. The molecule has 5 heterocycles. The lowest BCUT2D eigenvalue weighted by molar-refractivity contribution is 0.660. The summed E-state index contributed by atoms with van der Waals surface area (Å²) in [6.45, 7) is 9.46. The van der Waals surface area contributed by atoms with Gasteiger partial charge in [0.05, 0.1) is 55.5 Å². The zero-order valence-corrected chi connectivity index (χ0v) is 62.3. The number of fused-ring (bicyclic) bond motifs is 18. The molecule has 0 radical (unpaired) electrons. The van der Waals surface area contributed by atoms with Crippen LogP contribution in [0.5, 0.6) is 0 Å². The first kappa shape index (κ1) is 63.9. The van der Waals surface area contributed by atoms with Gasteiger partial charge in [0.2, 0.25) is 0 Å². The smallest absolute Gasteiger partial charge is 0.160 e. The molecule has 0 saturated carbocycles. The van der Waals surface area contributed by atoms with Gasteiger partial charge < -0.3 is 18.3 Å². The lowest BCUT2D eigenvalue weighted by Gasteiger charge is -2.22. The SMILES string of the molecule is CC1(C)c2ccccc2-c2ccc(-n3c4ccccc4c4cc(-c5ccc6c(c5)c5ccccc5n6-c5cc(-c6cc(-c7ccc(-c8ccccc8)cc7)nc(-c7ccccc7)n6)cc(-n6c7ccccc7c7cc(-c8ccc9c(c8)c8ccccc8n9-c8ccc9c(c8)C(C)(C)c8ccccc8-9)ccc76)c5)ccc43)cc21. The van der Waals surface area contributed by atoms with Crippen LogP contribution in [0.25, 0.3) is 200 Å². The number of para-hydroxylation sites is 4. The first-order valence-corrected chi connectivity index (χ1v) is 38.9. The van der Waals surface area contributed by atoms with Gasteiger partial charge in [0.1, 0.15) is 0 Å². The Bertz CT molecular complexity index is 7180. The lowest BCUT2D eigenvalue weighted by Crippen LogP contribution is -2.15. The van der Waals surface area contributed by atoms with Crippen molar-refractivity contribution in [3.63, 3.8) is 0 Å². The molecule has 0 fully saturated rings. The van der Waals surface area contributed by atoms with Crippen molar-refractivity contribution in [1.29, 1.82) is 0 Å². The van der Waals surface area contributed by atoms with Crippen LogP contribution < -0.4 is 0 Å². The number of benzene rings is 16. The molecule has 0 N–H and O–H groups in total. The first-order chi connectivity index (χ1) is 55.0. The number of aromatic nitrogens is 6. The van der Waals surface area contributed by atoms with Gasteiger partial charge in [0, 0.05) is 93.4 Å². The summed E-state index contributed by atoms with van der Waals surface area (Å²) in [5, 5.41) is 9.59. The van der Waals surface area contributed by atoms with E-state index >= 15 is 0 Å². The zero-order chi connectivity index (χ0) is 74.2. The largest absolute Gasteiger partial charge is 0.309 e. The van der Waals surface area contributed by atoms with E-state index in [0.717, 1.165) is 89.3 Å². The highest BCUT2D eigenvalue weighted by Gasteiger charge is 2.37. The van der Waals surface area contributed by atoms with Crippen LogP contribution in [0.2, 0.25) is 0 Å². The minimum atomic E-state index is -0.120. The average molecular weight is 1430 g/mol. The molecule has 6 heteroatoms. The highest BCUT2D eigenvalue weighted by molar-refractivity contribution is 6.15. The molecule has 526 valence electrons. The lowest BCUT2D eigenvalue weighted by atomic mass is 9.82.